The zero-order valence-corrected chi connectivity index (χ0v) is 17.9. The standard InChI is InChI=1S/C23H28N6O2/c1-15-20(16(2)29(26-15)19-6-4-3-5-7-19)10-23(31)27-11-17-8-21(28-14-24-13-25-28)22(30)9-18(17)12-27/h3-7,13-14,17-18,21-22,30H,8-12H2,1-2H3/t17-,18+,21-,22-/m1/s1. The number of aliphatic hydroxyl groups is 1. The molecule has 5 rings (SSSR count). The number of aryl methyl sites for hydroxylation is 1. The average Bonchev–Trinajstić information content (AvgIpc) is 3.49. The molecular formula is C23H28N6O2. The van der Waals surface area contributed by atoms with Crippen LogP contribution in [0, 0.1) is 25.7 Å². The van der Waals surface area contributed by atoms with Crippen molar-refractivity contribution in [3.63, 3.8) is 0 Å². The molecule has 0 bridgehead atoms. The predicted octanol–water partition coefficient (Wildman–Crippen LogP) is 2.09. The molecule has 2 aliphatic rings. The molecule has 4 atom stereocenters. The van der Waals surface area contributed by atoms with Crippen molar-refractivity contribution < 1.29 is 9.90 Å². The third-order valence-electron chi connectivity index (χ3n) is 7.01. The van der Waals surface area contributed by atoms with E-state index in [0.29, 0.717) is 24.7 Å². The molecule has 1 aromatic carbocycles. The fraction of sp³-hybridized carbons (Fsp3) is 0.478. The normalized spacial score (nSPS) is 25.6. The second-order valence-corrected chi connectivity index (χ2v) is 8.87. The SMILES string of the molecule is Cc1nn(-c2ccccc2)c(C)c1CC(=O)N1C[C@H]2C[C@@H](n3cncn3)[C@H](O)C[C@H]2C1. The van der Waals surface area contributed by atoms with Gasteiger partial charge in [-0.25, -0.2) is 14.3 Å². The lowest BCUT2D eigenvalue weighted by atomic mass is 9.77. The van der Waals surface area contributed by atoms with Gasteiger partial charge in [-0.1, -0.05) is 18.2 Å². The first-order valence-corrected chi connectivity index (χ1v) is 10.9. The number of aromatic nitrogens is 5. The fourth-order valence-corrected chi connectivity index (χ4v) is 5.30. The molecule has 1 amide bonds. The second kappa shape index (κ2) is 7.92. The number of amides is 1. The number of likely N-dealkylation sites (tertiary alicyclic amines) is 1. The Hall–Kier alpha value is -3.00. The predicted molar refractivity (Wildman–Crippen MR) is 115 cm³/mol. The number of para-hydroxylation sites is 1. The van der Waals surface area contributed by atoms with Crippen LogP contribution in [0.5, 0.6) is 0 Å². The number of fused-ring (bicyclic) bond motifs is 1. The van der Waals surface area contributed by atoms with E-state index in [0.717, 1.165) is 42.1 Å². The minimum Gasteiger partial charge on any atom is -0.391 e. The molecule has 0 spiro atoms. The summed E-state index contributed by atoms with van der Waals surface area (Å²) in [6.45, 7) is 5.46. The highest BCUT2D eigenvalue weighted by Gasteiger charge is 2.43. The smallest absolute Gasteiger partial charge is 0.227 e. The van der Waals surface area contributed by atoms with Crippen molar-refractivity contribution in [1.29, 1.82) is 0 Å². The van der Waals surface area contributed by atoms with Crippen LogP contribution in [0.3, 0.4) is 0 Å². The molecule has 1 aliphatic heterocycles. The third kappa shape index (κ3) is 3.65. The van der Waals surface area contributed by atoms with Crippen molar-refractivity contribution in [2.75, 3.05) is 13.1 Å². The topological polar surface area (TPSA) is 89.1 Å². The van der Waals surface area contributed by atoms with E-state index in [2.05, 4.69) is 15.2 Å². The molecule has 1 aliphatic carbocycles. The molecule has 1 saturated heterocycles. The van der Waals surface area contributed by atoms with Gasteiger partial charge in [0.2, 0.25) is 5.91 Å². The monoisotopic (exact) mass is 420 g/mol. The number of rotatable bonds is 4. The summed E-state index contributed by atoms with van der Waals surface area (Å²) < 4.78 is 3.68. The first kappa shape index (κ1) is 19.9. The minimum atomic E-state index is -0.452. The van der Waals surface area contributed by atoms with Gasteiger partial charge < -0.3 is 10.0 Å². The van der Waals surface area contributed by atoms with Gasteiger partial charge in [-0.15, -0.1) is 0 Å². The van der Waals surface area contributed by atoms with Crippen LogP contribution in [-0.4, -0.2) is 59.7 Å². The molecule has 8 nitrogen and oxygen atoms in total. The summed E-state index contributed by atoms with van der Waals surface area (Å²) in [5.41, 5.74) is 3.91. The number of nitrogens with zero attached hydrogens (tertiary/aromatic N) is 6. The maximum Gasteiger partial charge on any atom is 0.227 e. The summed E-state index contributed by atoms with van der Waals surface area (Å²) >= 11 is 0. The first-order chi connectivity index (χ1) is 15.0. The van der Waals surface area contributed by atoms with Crippen LogP contribution in [0.25, 0.3) is 5.69 Å². The van der Waals surface area contributed by atoms with Gasteiger partial charge in [0.15, 0.2) is 0 Å². The lowest BCUT2D eigenvalue weighted by molar-refractivity contribution is -0.129. The van der Waals surface area contributed by atoms with Crippen LogP contribution in [-0.2, 0) is 11.2 Å². The van der Waals surface area contributed by atoms with E-state index in [9.17, 15) is 9.90 Å². The summed E-state index contributed by atoms with van der Waals surface area (Å²) in [6.07, 6.45) is 4.60. The first-order valence-electron chi connectivity index (χ1n) is 10.9. The number of carbonyl (C=O) groups excluding carboxylic acids is 1. The van der Waals surface area contributed by atoms with Gasteiger partial charge in [-0.05, 0) is 50.7 Å². The van der Waals surface area contributed by atoms with Crippen LogP contribution in [0.1, 0.15) is 35.8 Å². The average molecular weight is 421 g/mol. The number of hydrogen-bond acceptors (Lipinski definition) is 5. The zero-order chi connectivity index (χ0) is 21.5. The highest BCUT2D eigenvalue weighted by Crippen LogP contribution is 2.41. The molecule has 3 aromatic rings. The third-order valence-corrected chi connectivity index (χ3v) is 7.01. The van der Waals surface area contributed by atoms with Crippen LogP contribution < -0.4 is 0 Å². The molecule has 0 radical (unpaired) electrons. The van der Waals surface area contributed by atoms with Gasteiger partial charge in [-0.3, -0.25) is 4.79 Å². The number of hydrogen-bond donors (Lipinski definition) is 1. The number of benzene rings is 1. The van der Waals surface area contributed by atoms with Crippen molar-refractivity contribution in [3.8, 4) is 5.69 Å². The molecule has 2 aromatic heterocycles. The largest absolute Gasteiger partial charge is 0.391 e. The van der Waals surface area contributed by atoms with Crippen LogP contribution >= 0.6 is 0 Å². The van der Waals surface area contributed by atoms with Crippen LogP contribution in [0.2, 0.25) is 0 Å². The Kier molecular flexibility index (Phi) is 5.09. The van der Waals surface area contributed by atoms with Gasteiger partial charge in [0, 0.05) is 24.3 Å². The summed E-state index contributed by atoms with van der Waals surface area (Å²) in [5, 5.41) is 19.5. The lowest BCUT2D eigenvalue weighted by Crippen LogP contribution is -2.36. The maximum atomic E-state index is 13.2. The Morgan fingerprint density at radius 2 is 1.87 bits per heavy atom. The summed E-state index contributed by atoms with van der Waals surface area (Å²) in [6, 6.07) is 9.94. The Morgan fingerprint density at radius 1 is 1.13 bits per heavy atom. The Morgan fingerprint density at radius 3 is 2.58 bits per heavy atom. The summed E-state index contributed by atoms with van der Waals surface area (Å²) in [4.78, 5) is 19.2. The van der Waals surface area contributed by atoms with E-state index in [-0.39, 0.29) is 11.9 Å². The zero-order valence-electron chi connectivity index (χ0n) is 17.9. The van der Waals surface area contributed by atoms with E-state index in [1.807, 2.05) is 53.8 Å². The molecule has 1 N–H and O–H groups in total. The Balaban J connectivity index is 1.29. The van der Waals surface area contributed by atoms with Crippen LogP contribution in [0.4, 0.5) is 0 Å². The van der Waals surface area contributed by atoms with Gasteiger partial charge >= 0.3 is 0 Å². The van der Waals surface area contributed by atoms with E-state index < -0.39 is 6.10 Å². The molecule has 31 heavy (non-hydrogen) atoms. The highest BCUT2D eigenvalue weighted by atomic mass is 16.3. The Labute approximate surface area is 181 Å². The van der Waals surface area contributed by atoms with Crippen LogP contribution in [0.15, 0.2) is 43.0 Å². The number of aliphatic hydroxyl groups excluding tert-OH is 1. The van der Waals surface area contributed by atoms with E-state index in [4.69, 9.17) is 0 Å². The van der Waals surface area contributed by atoms with Crippen molar-refractivity contribution in [1.82, 2.24) is 29.4 Å². The van der Waals surface area contributed by atoms with Gasteiger partial charge in [-0.2, -0.15) is 10.2 Å². The number of carbonyl (C=O) groups is 1. The van der Waals surface area contributed by atoms with Crippen molar-refractivity contribution in [2.45, 2.75) is 45.3 Å². The maximum absolute atomic E-state index is 13.2. The molecule has 162 valence electrons. The molecular weight excluding hydrogens is 392 g/mol. The summed E-state index contributed by atoms with van der Waals surface area (Å²) in [7, 11) is 0. The van der Waals surface area contributed by atoms with Crippen molar-refractivity contribution >= 4 is 5.91 Å². The molecule has 3 heterocycles. The van der Waals surface area contributed by atoms with Gasteiger partial charge in [0.05, 0.1) is 29.9 Å². The van der Waals surface area contributed by atoms with E-state index in [1.54, 1.807) is 11.0 Å². The molecule has 2 fully saturated rings. The van der Waals surface area contributed by atoms with E-state index in [1.165, 1.54) is 6.33 Å². The Bertz CT molecular complexity index is 1060. The molecule has 8 heteroatoms. The lowest BCUT2D eigenvalue weighted by Gasteiger charge is -2.34. The molecule has 1 saturated carbocycles. The summed E-state index contributed by atoms with van der Waals surface area (Å²) in [5.74, 6) is 0.865. The fourth-order valence-electron chi connectivity index (χ4n) is 5.30. The highest BCUT2D eigenvalue weighted by molar-refractivity contribution is 5.79. The van der Waals surface area contributed by atoms with Crippen molar-refractivity contribution in [2.24, 2.45) is 11.8 Å². The minimum absolute atomic E-state index is 0.0626. The van der Waals surface area contributed by atoms with Gasteiger partial charge in [0.25, 0.3) is 0 Å². The second-order valence-electron chi connectivity index (χ2n) is 8.87. The quantitative estimate of drug-likeness (QED) is 0.698. The molecule has 0 unspecified atom stereocenters. The van der Waals surface area contributed by atoms with Gasteiger partial charge in [0.1, 0.15) is 12.7 Å². The van der Waals surface area contributed by atoms with E-state index >= 15 is 0 Å². The van der Waals surface area contributed by atoms with Crippen molar-refractivity contribution in [3.05, 3.63) is 59.9 Å².